The zero-order valence-electron chi connectivity index (χ0n) is 15.7. The van der Waals surface area contributed by atoms with Gasteiger partial charge in [0.1, 0.15) is 23.8 Å². The molecule has 3 fully saturated rings. The van der Waals surface area contributed by atoms with E-state index in [-0.39, 0.29) is 5.41 Å². The Morgan fingerprint density at radius 3 is 2.44 bits per heavy atom. The van der Waals surface area contributed by atoms with Crippen LogP contribution in [0.25, 0.3) is 0 Å². The highest BCUT2D eigenvalue weighted by Gasteiger charge is 2.46. The van der Waals surface area contributed by atoms with Crippen molar-refractivity contribution in [1.82, 2.24) is 19.9 Å². The van der Waals surface area contributed by atoms with E-state index in [1.54, 1.807) is 6.33 Å². The second-order valence-corrected chi connectivity index (χ2v) is 8.25. The first kappa shape index (κ1) is 16.2. The van der Waals surface area contributed by atoms with Crippen molar-refractivity contribution in [1.29, 1.82) is 0 Å². The summed E-state index contributed by atoms with van der Waals surface area (Å²) in [5, 5.41) is 0. The Kier molecular flexibility index (Phi) is 3.67. The van der Waals surface area contributed by atoms with E-state index in [1.807, 2.05) is 19.2 Å². The lowest BCUT2D eigenvalue weighted by atomic mass is 9.87. The van der Waals surface area contributed by atoms with Crippen LogP contribution in [-0.4, -0.2) is 45.1 Å². The summed E-state index contributed by atoms with van der Waals surface area (Å²) in [5.41, 5.74) is 2.22. The third-order valence-corrected chi connectivity index (χ3v) is 5.38. The Balaban J connectivity index is 1.56. The molecule has 0 aromatic carbocycles. The fourth-order valence-corrected chi connectivity index (χ4v) is 3.86. The normalized spacial score (nSPS) is 22.8. The molecule has 2 aromatic rings. The summed E-state index contributed by atoms with van der Waals surface area (Å²) in [6.45, 7) is 12.6. The fraction of sp³-hybridized carbons (Fsp3) is 0.579. The molecule has 5 heterocycles. The van der Waals surface area contributed by atoms with Crippen LogP contribution in [0, 0.1) is 13.8 Å². The molecule has 3 aliphatic heterocycles. The Morgan fingerprint density at radius 1 is 1.04 bits per heavy atom. The third-order valence-electron chi connectivity index (χ3n) is 5.38. The summed E-state index contributed by atoms with van der Waals surface area (Å²) in [4.78, 5) is 23.0. The lowest BCUT2D eigenvalue weighted by Crippen LogP contribution is -2.69. The predicted molar refractivity (Wildman–Crippen MR) is 99.1 cm³/mol. The quantitative estimate of drug-likeness (QED) is 0.839. The van der Waals surface area contributed by atoms with Gasteiger partial charge in [0.2, 0.25) is 0 Å². The molecule has 0 amide bonds. The summed E-state index contributed by atoms with van der Waals surface area (Å²) < 4.78 is 0. The van der Waals surface area contributed by atoms with E-state index < -0.39 is 0 Å². The van der Waals surface area contributed by atoms with Crippen LogP contribution in [0.2, 0.25) is 0 Å². The highest BCUT2D eigenvalue weighted by atomic mass is 15.4. The molecule has 6 nitrogen and oxygen atoms in total. The molecule has 2 aromatic heterocycles. The van der Waals surface area contributed by atoms with Crippen molar-refractivity contribution in [2.45, 2.75) is 58.5 Å². The van der Waals surface area contributed by atoms with Gasteiger partial charge in [0.05, 0.1) is 12.1 Å². The average Bonchev–Trinajstić information content (AvgIpc) is 2.57. The number of aryl methyl sites for hydroxylation is 1. The second-order valence-electron chi connectivity index (χ2n) is 8.25. The number of hydrogen-bond donors (Lipinski definition) is 0. The number of anilines is 2. The van der Waals surface area contributed by atoms with Crippen LogP contribution in [0.1, 0.15) is 44.3 Å². The molecule has 6 heteroatoms. The molecule has 132 valence electrons. The Labute approximate surface area is 149 Å². The Morgan fingerprint density at radius 2 is 1.76 bits per heavy atom. The van der Waals surface area contributed by atoms with Gasteiger partial charge in [0.25, 0.3) is 0 Å². The molecule has 3 saturated heterocycles. The summed E-state index contributed by atoms with van der Waals surface area (Å²) in [7, 11) is 0. The van der Waals surface area contributed by atoms with Gasteiger partial charge in [-0.2, -0.15) is 0 Å². The van der Waals surface area contributed by atoms with Gasteiger partial charge >= 0.3 is 0 Å². The highest BCUT2D eigenvalue weighted by Crippen LogP contribution is 2.38. The van der Waals surface area contributed by atoms with Crippen molar-refractivity contribution >= 4 is 11.6 Å². The van der Waals surface area contributed by atoms with Crippen LogP contribution in [-0.2, 0) is 5.41 Å². The molecule has 5 rings (SSSR count). The van der Waals surface area contributed by atoms with Gasteiger partial charge in [-0.15, -0.1) is 0 Å². The van der Waals surface area contributed by atoms with E-state index in [4.69, 9.17) is 4.98 Å². The lowest BCUT2D eigenvalue weighted by molar-refractivity contribution is 0.287. The van der Waals surface area contributed by atoms with Crippen LogP contribution >= 0.6 is 0 Å². The zero-order chi connectivity index (χ0) is 17.8. The van der Waals surface area contributed by atoms with Crippen molar-refractivity contribution in [2.75, 3.05) is 22.9 Å². The zero-order valence-corrected chi connectivity index (χ0v) is 15.7. The second kappa shape index (κ2) is 5.64. The number of aromatic nitrogens is 4. The lowest BCUT2D eigenvalue weighted by Gasteiger charge is -2.57. The smallest absolute Gasteiger partial charge is 0.135 e. The topological polar surface area (TPSA) is 58.0 Å². The van der Waals surface area contributed by atoms with Crippen LogP contribution in [0.5, 0.6) is 0 Å². The molecule has 0 radical (unpaired) electrons. The number of rotatable bonds is 2. The molecule has 0 aliphatic carbocycles. The first-order chi connectivity index (χ1) is 11.8. The van der Waals surface area contributed by atoms with Gasteiger partial charge in [-0.3, -0.25) is 0 Å². The first-order valence-corrected chi connectivity index (χ1v) is 8.99. The van der Waals surface area contributed by atoms with Crippen molar-refractivity contribution in [3.8, 4) is 0 Å². The molecule has 2 bridgehead atoms. The van der Waals surface area contributed by atoms with Crippen LogP contribution in [0.15, 0.2) is 18.6 Å². The molecular formula is C19H26N6. The molecule has 0 N–H and O–H groups in total. The van der Waals surface area contributed by atoms with E-state index in [2.05, 4.69) is 52.4 Å². The summed E-state index contributed by atoms with van der Waals surface area (Å²) in [5.74, 6) is 3.06. The molecule has 0 saturated carbocycles. The minimum absolute atomic E-state index is 0.0301. The average molecular weight is 338 g/mol. The molecule has 25 heavy (non-hydrogen) atoms. The van der Waals surface area contributed by atoms with Gasteiger partial charge in [-0.25, -0.2) is 19.9 Å². The SMILES string of the molecule is Cc1ncnc(N2CC3CC(C2)N3c2ccnc(C(C)(C)C)n2)c1C. The summed E-state index contributed by atoms with van der Waals surface area (Å²) >= 11 is 0. The standard InChI is InChI=1S/C19H26N6/c1-12-13(2)21-11-22-17(12)24-9-14-8-15(10-24)25(14)16-6-7-20-18(23-16)19(3,4)5/h6-7,11,14-15H,8-10H2,1-5H3. The van der Waals surface area contributed by atoms with Gasteiger partial charge in [-0.1, -0.05) is 20.8 Å². The predicted octanol–water partition coefficient (Wildman–Crippen LogP) is 2.65. The van der Waals surface area contributed by atoms with E-state index >= 15 is 0 Å². The van der Waals surface area contributed by atoms with E-state index in [0.29, 0.717) is 12.1 Å². The molecule has 2 atom stereocenters. The van der Waals surface area contributed by atoms with E-state index in [1.165, 1.54) is 12.0 Å². The minimum atomic E-state index is -0.0301. The number of hydrogen-bond acceptors (Lipinski definition) is 6. The van der Waals surface area contributed by atoms with Crippen molar-refractivity contribution < 1.29 is 0 Å². The van der Waals surface area contributed by atoms with Crippen LogP contribution < -0.4 is 9.80 Å². The van der Waals surface area contributed by atoms with Crippen molar-refractivity contribution in [2.24, 2.45) is 0 Å². The van der Waals surface area contributed by atoms with Crippen LogP contribution in [0.3, 0.4) is 0 Å². The largest absolute Gasteiger partial charge is 0.352 e. The molecule has 0 spiro atoms. The van der Waals surface area contributed by atoms with Gasteiger partial charge in [0.15, 0.2) is 0 Å². The van der Waals surface area contributed by atoms with Gasteiger partial charge in [-0.05, 0) is 26.3 Å². The Hall–Kier alpha value is -2.24. The fourth-order valence-electron chi connectivity index (χ4n) is 3.86. The van der Waals surface area contributed by atoms with E-state index in [0.717, 1.165) is 36.2 Å². The molecule has 2 unspecified atom stereocenters. The van der Waals surface area contributed by atoms with Crippen molar-refractivity contribution in [3.63, 3.8) is 0 Å². The summed E-state index contributed by atoms with van der Waals surface area (Å²) in [6.07, 6.45) is 4.80. The van der Waals surface area contributed by atoms with Crippen LogP contribution in [0.4, 0.5) is 11.6 Å². The number of nitrogens with zero attached hydrogens (tertiary/aromatic N) is 6. The number of piperidine rings is 1. The monoisotopic (exact) mass is 338 g/mol. The minimum Gasteiger partial charge on any atom is -0.352 e. The third kappa shape index (κ3) is 2.73. The number of fused-ring (bicyclic) bond motifs is 2. The highest BCUT2D eigenvalue weighted by molar-refractivity contribution is 5.54. The number of piperazine rings is 1. The maximum Gasteiger partial charge on any atom is 0.135 e. The van der Waals surface area contributed by atoms with Crippen molar-refractivity contribution in [3.05, 3.63) is 35.7 Å². The maximum atomic E-state index is 4.85. The van der Waals surface area contributed by atoms with E-state index in [9.17, 15) is 0 Å². The van der Waals surface area contributed by atoms with Gasteiger partial charge < -0.3 is 9.80 Å². The molecular weight excluding hydrogens is 312 g/mol. The molecule has 3 aliphatic rings. The maximum absolute atomic E-state index is 4.85. The Bertz CT molecular complexity index is 785. The first-order valence-electron chi connectivity index (χ1n) is 8.99. The summed E-state index contributed by atoms with van der Waals surface area (Å²) in [6, 6.07) is 3.04. The van der Waals surface area contributed by atoms with Gasteiger partial charge in [0, 0.05) is 36.0 Å².